The molecule has 1 aromatic rings. The first-order valence-corrected chi connectivity index (χ1v) is 9.47. The number of benzene rings is 1. The molecule has 0 atom stereocenters. The molecule has 0 bridgehead atoms. The van der Waals surface area contributed by atoms with E-state index in [0.29, 0.717) is 12.0 Å². The number of rotatable bonds is 5. The van der Waals surface area contributed by atoms with Crippen molar-refractivity contribution in [3.63, 3.8) is 0 Å². The molecule has 0 saturated heterocycles. The molecule has 2 aliphatic rings. The second-order valence-electron chi connectivity index (χ2n) is 7.05. The van der Waals surface area contributed by atoms with E-state index in [1.54, 1.807) is 13.2 Å². The summed E-state index contributed by atoms with van der Waals surface area (Å²) in [5, 5.41) is 16.4. The van der Waals surface area contributed by atoms with E-state index in [1.807, 2.05) is 6.07 Å². The lowest BCUT2D eigenvalue weighted by atomic mass is 9.78. The van der Waals surface area contributed by atoms with Crippen LogP contribution in [-0.2, 0) is 4.79 Å². The van der Waals surface area contributed by atoms with E-state index in [-0.39, 0.29) is 5.92 Å². The molecule has 2 fully saturated rings. The fourth-order valence-corrected chi connectivity index (χ4v) is 3.90. The SMILES string of the molecule is CC#N.COc1ccc(C2CCC(C(=O)O)CC2)cc1OC1CCCC1. The van der Waals surface area contributed by atoms with Gasteiger partial charge in [-0.05, 0) is 75.0 Å². The highest BCUT2D eigenvalue weighted by atomic mass is 16.5. The zero-order chi connectivity index (χ0) is 18.9. The van der Waals surface area contributed by atoms with E-state index >= 15 is 0 Å². The first kappa shape index (κ1) is 20.1. The zero-order valence-electron chi connectivity index (χ0n) is 15.7. The number of nitrogens with zero attached hydrogens (tertiary/aromatic N) is 1. The molecule has 0 unspecified atom stereocenters. The average Bonchev–Trinajstić information content (AvgIpc) is 3.15. The Kier molecular flexibility index (Phi) is 7.77. The normalized spacial score (nSPS) is 22.7. The summed E-state index contributed by atoms with van der Waals surface area (Å²) in [4.78, 5) is 11.1. The zero-order valence-corrected chi connectivity index (χ0v) is 15.7. The minimum atomic E-state index is -0.650. The van der Waals surface area contributed by atoms with Crippen molar-refractivity contribution >= 4 is 5.97 Å². The van der Waals surface area contributed by atoms with Crippen LogP contribution in [0.25, 0.3) is 0 Å². The maximum atomic E-state index is 11.1. The minimum Gasteiger partial charge on any atom is -0.493 e. The predicted molar refractivity (Wildman–Crippen MR) is 99.5 cm³/mol. The number of methoxy groups -OCH3 is 1. The third-order valence-corrected chi connectivity index (χ3v) is 5.33. The first-order chi connectivity index (χ1) is 12.6. The van der Waals surface area contributed by atoms with E-state index in [9.17, 15) is 4.79 Å². The third-order valence-electron chi connectivity index (χ3n) is 5.33. The van der Waals surface area contributed by atoms with Crippen LogP contribution in [0.1, 0.15) is 69.8 Å². The molecule has 0 heterocycles. The lowest BCUT2D eigenvalue weighted by molar-refractivity contribution is -0.142. The molecule has 2 saturated carbocycles. The van der Waals surface area contributed by atoms with Crippen molar-refractivity contribution in [1.82, 2.24) is 0 Å². The minimum absolute atomic E-state index is 0.168. The summed E-state index contributed by atoms with van der Waals surface area (Å²) < 4.78 is 11.6. The van der Waals surface area contributed by atoms with Gasteiger partial charge in [0, 0.05) is 6.92 Å². The number of hydrogen-bond donors (Lipinski definition) is 1. The van der Waals surface area contributed by atoms with E-state index in [2.05, 4.69) is 12.1 Å². The Hall–Kier alpha value is -2.22. The maximum absolute atomic E-state index is 11.1. The van der Waals surface area contributed by atoms with Crippen molar-refractivity contribution in [2.24, 2.45) is 5.92 Å². The molecule has 5 nitrogen and oxygen atoms in total. The van der Waals surface area contributed by atoms with Crippen LogP contribution in [-0.4, -0.2) is 24.3 Å². The monoisotopic (exact) mass is 359 g/mol. The number of carboxylic acids is 1. The fourth-order valence-electron chi connectivity index (χ4n) is 3.90. The summed E-state index contributed by atoms with van der Waals surface area (Å²) in [6.07, 6.45) is 8.45. The Morgan fingerprint density at radius 2 is 1.73 bits per heavy atom. The lowest BCUT2D eigenvalue weighted by Crippen LogP contribution is -2.20. The number of carbonyl (C=O) groups is 1. The van der Waals surface area contributed by atoms with Gasteiger partial charge in [-0.15, -0.1) is 0 Å². The van der Waals surface area contributed by atoms with Crippen LogP contribution in [0.5, 0.6) is 11.5 Å². The predicted octanol–water partition coefficient (Wildman–Crippen LogP) is 4.90. The summed E-state index contributed by atoms with van der Waals surface area (Å²) >= 11 is 0. The van der Waals surface area contributed by atoms with E-state index < -0.39 is 5.97 Å². The average molecular weight is 359 g/mol. The molecule has 0 aromatic heterocycles. The number of nitriles is 1. The van der Waals surface area contributed by atoms with Gasteiger partial charge >= 0.3 is 5.97 Å². The smallest absolute Gasteiger partial charge is 0.306 e. The summed E-state index contributed by atoms with van der Waals surface area (Å²) in [5.41, 5.74) is 1.25. The van der Waals surface area contributed by atoms with Crippen molar-refractivity contribution in [3.05, 3.63) is 23.8 Å². The molecule has 0 aliphatic heterocycles. The van der Waals surface area contributed by atoms with Crippen LogP contribution in [0, 0.1) is 17.2 Å². The van der Waals surface area contributed by atoms with Crippen LogP contribution < -0.4 is 9.47 Å². The standard InChI is InChI=1S/C19H26O4.C2H3N/c1-22-17-11-10-15(12-18(17)23-16-4-2-3-5-16)13-6-8-14(9-7-13)19(20)21;1-2-3/h10-14,16H,2-9H2,1H3,(H,20,21);1H3. The van der Waals surface area contributed by atoms with Gasteiger partial charge in [-0.25, -0.2) is 0 Å². The van der Waals surface area contributed by atoms with Crippen LogP contribution in [0.15, 0.2) is 18.2 Å². The molecular formula is C21H29NO4. The van der Waals surface area contributed by atoms with Crippen LogP contribution in [0.4, 0.5) is 0 Å². The highest BCUT2D eigenvalue weighted by Crippen LogP contribution is 2.40. The molecule has 0 radical (unpaired) electrons. The highest BCUT2D eigenvalue weighted by molar-refractivity contribution is 5.70. The fraction of sp³-hybridized carbons (Fsp3) is 0.619. The number of aliphatic carboxylic acids is 1. The van der Waals surface area contributed by atoms with Gasteiger partial charge in [-0.1, -0.05) is 6.07 Å². The Balaban J connectivity index is 0.000000758. The van der Waals surface area contributed by atoms with Gasteiger partial charge in [0.25, 0.3) is 0 Å². The topological polar surface area (TPSA) is 79.5 Å². The molecule has 1 N–H and O–H groups in total. The van der Waals surface area contributed by atoms with Gasteiger partial charge in [0.15, 0.2) is 11.5 Å². The Bertz CT molecular complexity index is 623. The van der Waals surface area contributed by atoms with Crippen molar-refractivity contribution in [2.75, 3.05) is 7.11 Å². The summed E-state index contributed by atoms with van der Waals surface area (Å²) in [5.74, 6) is 1.25. The van der Waals surface area contributed by atoms with Gasteiger partial charge in [0.05, 0.1) is 25.2 Å². The molecule has 3 rings (SSSR count). The second kappa shape index (κ2) is 10.1. The summed E-state index contributed by atoms with van der Waals surface area (Å²) in [7, 11) is 1.68. The van der Waals surface area contributed by atoms with Gasteiger partial charge in [-0.2, -0.15) is 5.26 Å². The number of hydrogen-bond acceptors (Lipinski definition) is 4. The number of carboxylic acid groups (broad SMARTS) is 1. The van der Waals surface area contributed by atoms with E-state index in [0.717, 1.165) is 50.0 Å². The molecule has 0 spiro atoms. The van der Waals surface area contributed by atoms with Crippen molar-refractivity contribution < 1.29 is 19.4 Å². The van der Waals surface area contributed by atoms with Gasteiger partial charge < -0.3 is 14.6 Å². The molecule has 0 amide bonds. The second-order valence-corrected chi connectivity index (χ2v) is 7.05. The van der Waals surface area contributed by atoms with E-state index in [4.69, 9.17) is 19.8 Å². The summed E-state index contributed by atoms with van der Waals surface area (Å²) in [6, 6.07) is 7.96. The van der Waals surface area contributed by atoms with Gasteiger partial charge in [0.1, 0.15) is 0 Å². The number of ether oxygens (including phenoxy) is 2. The Morgan fingerprint density at radius 1 is 1.12 bits per heavy atom. The largest absolute Gasteiger partial charge is 0.493 e. The molecule has 1 aromatic carbocycles. The Labute approximate surface area is 155 Å². The lowest BCUT2D eigenvalue weighted by Gasteiger charge is -2.27. The quantitative estimate of drug-likeness (QED) is 0.808. The van der Waals surface area contributed by atoms with Crippen LogP contribution >= 0.6 is 0 Å². The highest BCUT2D eigenvalue weighted by Gasteiger charge is 2.27. The maximum Gasteiger partial charge on any atom is 0.306 e. The Morgan fingerprint density at radius 3 is 2.27 bits per heavy atom. The molecule has 2 aliphatic carbocycles. The third kappa shape index (κ3) is 5.39. The molecular weight excluding hydrogens is 330 g/mol. The van der Waals surface area contributed by atoms with Crippen LogP contribution in [0.2, 0.25) is 0 Å². The van der Waals surface area contributed by atoms with Crippen LogP contribution in [0.3, 0.4) is 0 Å². The van der Waals surface area contributed by atoms with Crippen molar-refractivity contribution in [1.29, 1.82) is 5.26 Å². The van der Waals surface area contributed by atoms with Gasteiger partial charge in [-0.3, -0.25) is 4.79 Å². The van der Waals surface area contributed by atoms with Crippen molar-refractivity contribution in [3.8, 4) is 17.6 Å². The molecule has 26 heavy (non-hydrogen) atoms. The summed E-state index contributed by atoms with van der Waals surface area (Å²) in [6.45, 7) is 1.43. The molecule has 142 valence electrons. The first-order valence-electron chi connectivity index (χ1n) is 9.47. The van der Waals surface area contributed by atoms with E-state index in [1.165, 1.54) is 25.3 Å². The molecule has 5 heteroatoms. The van der Waals surface area contributed by atoms with Gasteiger partial charge in [0.2, 0.25) is 0 Å². The van der Waals surface area contributed by atoms with Crippen molar-refractivity contribution in [2.45, 2.75) is 70.3 Å².